The van der Waals surface area contributed by atoms with Crippen LogP contribution in [0.2, 0.25) is 0 Å². The summed E-state index contributed by atoms with van der Waals surface area (Å²) in [6.45, 7) is 2.29. The van der Waals surface area contributed by atoms with Gasteiger partial charge in [0.05, 0.1) is 6.54 Å². The number of carbonyl (C=O) groups is 1. The Balaban J connectivity index is 2.56. The Kier molecular flexibility index (Phi) is 5.01. The van der Waals surface area contributed by atoms with Gasteiger partial charge in [-0.2, -0.15) is 0 Å². The molecule has 0 spiro atoms. The molecule has 16 heavy (non-hydrogen) atoms. The summed E-state index contributed by atoms with van der Waals surface area (Å²) in [6.07, 6.45) is 1.32. The number of amides is 1. The van der Waals surface area contributed by atoms with E-state index >= 15 is 0 Å². The van der Waals surface area contributed by atoms with E-state index in [1.54, 1.807) is 12.1 Å². The Labute approximate surface area is 94.6 Å². The molecule has 0 radical (unpaired) electrons. The second-order valence-electron chi connectivity index (χ2n) is 3.56. The summed E-state index contributed by atoms with van der Waals surface area (Å²) in [5, 5.41) is 11.6. The van der Waals surface area contributed by atoms with Crippen LogP contribution in [0.25, 0.3) is 0 Å². The fourth-order valence-corrected chi connectivity index (χ4v) is 1.40. The van der Waals surface area contributed by atoms with Crippen LogP contribution in [0.3, 0.4) is 0 Å². The third-order valence-electron chi connectivity index (χ3n) is 2.39. The van der Waals surface area contributed by atoms with Crippen molar-refractivity contribution in [1.29, 1.82) is 0 Å². The molecule has 0 saturated heterocycles. The highest BCUT2D eigenvalue weighted by Crippen LogP contribution is 2.08. The largest absolute Gasteiger partial charge is 0.455 e. The predicted molar refractivity (Wildman–Crippen MR) is 59.8 cm³/mol. The van der Waals surface area contributed by atoms with Gasteiger partial charge in [-0.1, -0.05) is 6.92 Å². The summed E-state index contributed by atoms with van der Waals surface area (Å²) in [4.78, 5) is 11.7. The Morgan fingerprint density at radius 3 is 2.88 bits per heavy atom. The molecule has 0 aliphatic carbocycles. The first-order valence-electron chi connectivity index (χ1n) is 5.41. The van der Waals surface area contributed by atoms with Gasteiger partial charge >= 0.3 is 0 Å². The van der Waals surface area contributed by atoms with Gasteiger partial charge in [-0.15, -0.1) is 0 Å². The number of nitrogens with two attached hydrogens (primary N) is 1. The van der Waals surface area contributed by atoms with Crippen LogP contribution in [0.4, 0.5) is 0 Å². The van der Waals surface area contributed by atoms with Crippen molar-refractivity contribution in [3.05, 3.63) is 23.7 Å². The first-order valence-corrected chi connectivity index (χ1v) is 5.41. The summed E-state index contributed by atoms with van der Waals surface area (Å²) in [5.74, 6) is 0.581. The molecule has 5 nitrogen and oxygen atoms in total. The lowest BCUT2D eigenvalue weighted by Crippen LogP contribution is -2.34. The Morgan fingerprint density at radius 1 is 1.62 bits per heavy atom. The molecule has 0 saturated carbocycles. The molecule has 4 N–H and O–H groups in total. The lowest BCUT2D eigenvalue weighted by atomic mass is 10.1. The zero-order chi connectivity index (χ0) is 12.0. The van der Waals surface area contributed by atoms with E-state index in [-0.39, 0.29) is 30.9 Å². The molecule has 90 valence electrons. The van der Waals surface area contributed by atoms with Crippen molar-refractivity contribution in [3.8, 4) is 0 Å². The third kappa shape index (κ3) is 3.36. The van der Waals surface area contributed by atoms with Crippen molar-refractivity contribution in [1.82, 2.24) is 5.32 Å². The Bertz CT molecular complexity index is 336. The van der Waals surface area contributed by atoms with E-state index < -0.39 is 0 Å². The van der Waals surface area contributed by atoms with Gasteiger partial charge in [0.2, 0.25) is 0 Å². The van der Waals surface area contributed by atoms with Gasteiger partial charge in [-0.25, -0.2) is 0 Å². The van der Waals surface area contributed by atoms with Crippen LogP contribution in [-0.4, -0.2) is 23.7 Å². The highest BCUT2D eigenvalue weighted by atomic mass is 16.4. The van der Waals surface area contributed by atoms with Crippen LogP contribution in [0.1, 0.15) is 36.1 Å². The number of nitrogens with one attached hydrogen (secondary N) is 1. The Morgan fingerprint density at radius 2 is 2.38 bits per heavy atom. The minimum Gasteiger partial charge on any atom is -0.455 e. The van der Waals surface area contributed by atoms with Crippen LogP contribution in [0, 0.1) is 0 Å². The zero-order valence-electron chi connectivity index (χ0n) is 9.40. The molecular formula is C11H18N2O3. The van der Waals surface area contributed by atoms with Gasteiger partial charge in [-0.05, 0) is 25.0 Å². The van der Waals surface area contributed by atoms with E-state index in [4.69, 9.17) is 15.3 Å². The number of carbonyl (C=O) groups excluding carboxylic acids is 1. The summed E-state index contributed by atoms with van der Waals surface area (Å²) in [5.41, 5.74) is 5.38. The van der Waals surface area contributed by atoms with Gasteiger partial charge in [0.1, 0.15) is 5.76 Å². The summed E-state index contributed by atoms with van der Waals surface area (Å²) in [6, 6.07) is 3.26. The van der Waals surface area contributed by atoms with E-state index in [9.17, 15) is 4.79 Å². The molecule has 1 rings (SSSR count). The molecule has 0 aliphatic heterocycles. The predicted octanol–water partition coefficient (Wildman–Crippen LogP) is 0.629. The van der Waals surface area contributed by atoms with Crippen LogP contribution >= 0.6 is 0 Å². The maximum Gasteiger partial charge on any atom is 0.287 e. The SMILES string of the molecule is CCC(CCO)NC(=O)c1ccc(CN)o1. The molecule has 0 bridgehead atoms. The van der Waals surface area contributed by atoms with E-state index in [1.165, 1.54) is 0 Å². The van der Waals surface area contributed by atoms with Crippen molar-refractivity contribution in [3.63, 3.8) is 0 Å². The van der Waals surface area contributed by atoms with Crippen molar-refractivity contribution in [2.24, 2.45) is 5.73 Å². The van der Waals surface area contributed by atoms with E-state index in [2.05, 4.69) is 5.32 Å². The topological polar surface area (TPSA) is 88.5 Å². The Hall–Kier alpha value is -1.33. The third-order valence-corrected chi connectivity index (χ3v) is 2.39. The minimum absolute atomic E-state index is 0.0241. The van der Waals surface area contributed by atoms with Gasteiger partial charge in [0, 0.05) is 12.6 Å². The van der Waals surface area contributed by atoms with Crippen molar-refractivity contribution >= 4 is 5.91 Å². The highest BCUT2D eigenvalue weighted by Gasteiger charge is 2.14. The van der Waals surface area contributed by atoms with E-state index in [1.807, 2.05) is 6.92 Å². The lowest BCUT2D eigenvalue weighted by Gasteiger charge is -2.14. The number of hydrogen-bond donors (Lipinski definition) is 3. The smallest absolute Gasteiger partial charge is 0.287 e. The van der Waals surface area contributed by atoms with E-state index in [0.29, 0.717) is 12.2 Å². The molecule has 0 aliphatic rings. The second kappa shape index (κ2) is 6.30. The van der Waals surface area contributed by atoms with Crippen LogP contribution in [0.15, 0.2) is 16.5 Å². The monoisotopic (exact) mass is 226 g/mol. The molecule has 1 heterocycles. The maximum atomic E-state index is 11.7. The molecule has 0 aromatic carbocycles. The van der Waals surface area contributed by atoms with Crippen LogP contribution in [0.5, 0.6) is 0 Å². The average molecular weight is 226 g/mol. The number of furan rings is 1. The molecule has 0 fully saturated rings. The molecule has 1 atom stereocenters. The quantitative estimate of drug-likeness (QED) is 0.663. The van der Waals surface area contributed by atoms with Gasteiger partial charge in [0.25, 0.3) is 5.91 Å². The van der Waals surface area contributed by atoms with Gasteiger partial charge in [-0.3, -0.25) is 4.79 Å². The van der Waals surface area contributed by atoms with Crippen molar-refractivity contribution in [2.45, 2.75) is 32.4 Å². The highest BCUT2D eigenvalue weighted by molar-refractivity contribution is 5.91. The normalized spacial score (nSPS) is 12.4. The number of rotatable bonds is 6. The lowest BCUT2D eigenvalue weighted by molar-refractivity contribution is 0.0899. The first kappa shape index (κ1) is 12.7. The average Bonchev–Trinajstić information content (AvgIpc) is 2.76. The minimum atomic E-state index is -0.264. The molecule has 1 amide bonds. The maximum absolute atomic E-state index is 11.7. The van der Waals surface area contributed by atoms with Gasteiger partial charge < -0.3 is 20.6 Å². The van der Waals surface area contributed by atoms with Crippen molar-refractivity contribution < 1.29 is 14.3 Å². The first-order chi connectivity index (χ1) is 7.71. The summed E-state index contributed by atoms with van der Waals surface area (Å²) in [7, 11) is 0. The second-order valence-corrected chi connectivity index (χ2v) is 3.56. The number of aliphatic hydroxyl groups is 1. The van der Waals surface area contributed by atoms with Crippen molar-refractivity contribution in [2.75, 3.05) is 6.61 Å². The fourth-order valence-electron chi connectivity index (χ4n) is 1.40. The van der Waals surface area contributed by atoms with Gasteiger partial charge in [0.15, 0.2) is 5.76 Å². The molecule has 1 aromatic rings. The van der Waals surface area contributed by atoms with Crippen LogP contribution < -0.4 is 11.1 Å². The number of aliphatic hydroxyl groups excluding tert-OH is 1. The summed E-state index contributed by atoms with van der Waals surface area (Å²) >= 11 is 0. The molecular weight excluding hydrogens is 208 g/mol. The molecule has 1 unspecified atom stereocenters. The molecule has 5 heteroatoms. The molecule has 1 aromatic heterocycles. The standard InChI is InChI=1S/C11H18N2O3/c1-2-8(5-6-14)13-11(15)10-4-3-9(7-12)16-10/h3-4,8,14H,2,5-7,12H2,1H3,(H,13,15). The van der Waals surface area contributed by atoms with E-state index in [0.717, 1.165) is 6.42 Å². The summed E-state index contributed by atoms with van der Waals surface area (Å²) < 4.78 is 5.22. The zero-order valence-corrected chi connectivity index (χ0v) is 9.40. The van der Waals surface area contributed by atoms with Crippen LogP contribution in [-0.2, 0) is 6.54 Å². The number of hydrogen-bond acceptors (Lipinski definition) is 4. The fraction of sp³-hybridized carbons (Fsp3) is 0.545.